The van der Waals surface area contributed by atoms with Crippen LogP contribution in [-0.4, -0.2) is 31.4 Å². The molecular weight excluding hydrogens is 419 g/mol. The van der Waals surface area contributed by atoms with E-state index in [4.69, 9.17) is 0 Å². The van der Waals surface area contributed by atoms with E-state index in [1.807, 2.05) is 24.3 Å². The fourth-order valence-corrected chi connectivity index (χ4v) is 4.32. The smallest absolute Gasteiger partial charge is 0.370 e. The number of benzene rings is 2. The number of carbonyl (C=O) groups is 2. The van der Waals surface area contributed by atoms with E-state index >= 15 is 0 Å². The number of hydrogen-bond donors (Lipinski definition) is 1. The molecule has 32 heavy (non-hydrogen) atoms. The summed E-state index contributed by atoms with van der Waals surface area (Å²) in [5.74, 6) is -0.612. The lowest BCUT2D eigenvalue weighted by molar-refractivity contribution is -0.137. The first-order chi connectivity index (χ1) is 15.2. The molecule has 2 aliphatic rings. The third-order valence-electron chi connectivity index (χ3n) is 6.27. The monoisotopic (exact) mass is 445 g/mol. The van der Waals surface area contributed by atoms with Crippen LogP contribution in [0.2, 0.25) is 0 Å². The van der Waals surface area contributed by atoms with Crippen LogP contribution in [0.4, 0.5) is 30.2 Å². The van der Waals surface area contributed by atoms with Gasteiger partial charge in [0.1, 0.15) is 0 Å². The zero-order chi connectivity index (χ0) is 22.9. The molecule has 0 radical (unpaired) electrons. The number of para-hydroxylation sites is 2. The van der Waals surface area contributed by atoms with Crippen molar-refractivity contribution < 1.29 is 22.8 Å². The van der Waals surface area contributed by atoms with Gasteiger partial charge in [0.05, 0.1) is 22.9 Å². The topological polar surface area (TPSA) is 52.7 Å². The third kappa shape index (κ3) is 4.74. The number of piperidine rings is 1. The predicted octanol–water partition coefficient (Wildman–Crippen LogP) is 4.93. The fourth-order valence-electron chi connectivity index (χ4n) is 4.32. The fraction of sp³-hybridized carbons (Fsp3) is 0.417. The standard InChI is InChI=1S/C24H26F3N3O2/c1-16-9-11-29(12-10-16)21-8-3-2-7-20(21)28-23(32)17-13-22(31)30(15-17)19-6-4-5-18(14-19)24(25,26)27/h2-8,14,16-17H,9-13,15H2,1H3,(H,28,32)/t17-/m0/s1. The van der Waals surface area contributed by atoms with Crippen LogP contribution in [0.5, 0.6) is 0 Å². The molecule has 2 amide bonds. The van der Waals surface area contributed by atoms with Crippen molar-refractivity contribution in [3.05, 3.63) is 54.1 Å². The Kier molecular flexibility index (Phi) is 6.13. The Morgan fingerprint density at radius 2 is 1.78 bits per heavy atom. The SMILES string of the molecule is CC1CCN(c2ccccc2NC(=O)[C@H]2CC(=O)N(c3cccc(C(F)(F)F)c3)C2)CC1. The van der Waals surface area contributed by atoms with Crippen molar-refractivity contribution in [2.45, 2.75) is 32.4 Å². The lowest BCUT2D eigenvalue weighted by Gasteiger charge is -2.33. The van der Waals surface area contributed by atoms with Gasteiger partial charge < -0.3 is 15.1 Å². The van der Waals surface area contributed by atoms with Crippen LogP contribution in [0.1, 0.15) is 31.7 Å². The highest BCUT2D eigenvalue weighted by Gasteiger charge is 2.37. The molecule has 8 heteroatoms. The van der Waals surface area contributed by atoms with E-state index in [1.54, 1.807) is 0 Å². The van der Waals surface area contributed by atoms with Crippen LogP contribution in [0.25, 0.3) is 0 Å². The van der Waals surface area contributed by atoms with E-state index in [9.17, 15) is 22.8 Å². The molecule has 0 aromatic heterocycles. The van der Waals surface area contributed by atoms with Gasteiger partial charge in [-0.05, 0) is 49.1 Å². The summed E-state index contributed by atoms with van der Waals surface area (Å²) >= 11 is 0. The highest BCUT2D eigenvalue weighted by Crippen LogP contribution is 2.34. The van der Waals surface area contributed by atoms with Crippen LogP contribution in [0.3, 0.4) is 0 Å². The Hall–Kier alpha value is -3.03. The zero-order valence-electron chi connectivity index (χ0n) is 17.9. The molecule has 0 unspecified atom stereocenters. The van der Waals surface area contributed by atoms with Crippen molar-refractivity contribution in [1.29, 1.82) is 0 Å². The largest absolute Gasteiger partial charge is 0.416 e. The van der Waals surface area contributed by atoms with Gasteiger partial charge >= 0.3 is 6.18 Å². The molecule has 5 nitrogen and oxygen atoms in total. The number of anilines is 3. The van der Waals surface area contributed by atoms with Crippen LogP contribution in [0, 0.1) is 11.8 Å². The third-order valence-corrected chi connectivity index (χ3v) is 6.27. The van der Waals surface area contributed by atoms with Gasteiger partial charge in [0.15, 0.2) is 0 Å². The van der Waals surface area contributed by atoms with Crippen molar-refractivity contribution in [3.8, 4) is 0 Å². The summed E-state index contributed by atoms with van der Waals surface area (Å²) in [7, 11) is 0. The number of carbonyl (C=O) groups excluding carboxylic acids is 2. The summed E-state index contributed by atoms with van der Waals surface area (Å²) in [5, 5.41) is 2.95. The summed E-state index contributed by atoms with van der Waals surface area (Å²) in [6.45, 7) is 4.12. The van der Waals surface area contributed by atoms with Gasteiger partial charge in [0, 0.05) is 31.7 Å². The Morgan fingerprint density at radius 3 is 2.50 bits per heavy atom. The molecule has 4 rings (SSSR count). The maximum Gasteiger partial charge on any atom is 0.416 e. The lowest BCUT2D eigenvalue weighted by atomic mass is 9.98. The van der Waals surface area contributed by atoms with Crippen molar-refractivity contribution in [2.75, 3.05) is 34.8 Å². The minimum absolute atomic E-state index is 0.0362. The summed E-state index contributed by atoms with van der Waals surface area (Å²) < 4.78 is 39.1. The molecule has 0 bridgehead atoms. The number of alkyl halides is 3. The maximum absolute atomic E-state index is 13.0. The molecule has 2 aliphatic heterocycles. The minimum Gasteiger partial charge on any atom is -0.370 e. The number of hydrogen-bond acceptors (Lipinski definition) is 3. The van der Waals surface area contributed by atoms with Gasteiger partial charge in [0.25, 0.3) is 0 Å². The van der Waals surface area contributed by atoms with Gasteiger partial charge in [-0.2, -0.15) is 13.2 Å². The number of rotatable bonds is 4. The molecule has 2 aromatic rings. The Balaban J connectivity index is 1.46. The van der Waals surface area contributed by atoms with Crippen molar-refractivity contribution in [1.82, 2.24) is 0 Å². The average Bonchev–Trinajstić information content (AvgIpc) is 3.16. The Morgan fingerprint density at radius 1 is 1.06 bits per heavy atom. The summed E-state index contributed by atoms with van der Waals surface area (Å²) in [6, 6.07) is 12.2. The molecule has 170 valence electrons. The molecule has 2 heterocycles. The first-order valence-corrected chi connectivity index (χ1v) is 10.8. The number of nitrogens with zero attached hydrogens (tertiary/aromatic N) is 2. The van der Waals surface area contributed by atoms with E-state index in [-0.39, 0.29) is 30.5 Å². The molecule has 0 saturated carbocycles. The van der Waals surface area contributed by atoms with Crippen LogP contribution >= 0.6 is 0 Å². The summed E-state index contributed by atoms with van der Waals surface area (Å²) in [5.41, 5.74) is 0.979. The Bertz CT molecular complexity index is 1000. The van der Waals surface area contributed by atoms with Gasteiger partial charge in [0.2, 0.25) is 11.8 Å². The second kappa shape index (κ2) is 8.84. The van der Waals surface area contributed by atoms with Gasteiger partial charge in [-0.15, -0.1) is 0 Å². The molecule has 1 atom stereocenters. The first-order valence-electron chi connectivity index (χ1n) is 10.8. The lowest BCUT2D eigenvalue weighted by Crippen LogP contribution is -2.34. The summed E-state index contributed by atoms with van der Waals surface area (Å²) in [6.07, 6.45) is -2.35. The normalized spacial score (nSPS) is 20.0. The van der Waals surface area contributed by atoms with E-state index in [0.717, 1.165) is 43.8 Å². The molecule has 1 N–H and O–H groups in total. The number of halogens is 3. The molecule has 2 fully saturated rings. The number of nitrogens with one attached hydrogen (secondary N) is 1. The predicted molar refractivity (Wildman–Crippen MR) is 118 cm³/mol. The zero-order valence-corrected chi connectivity index (χ0v) is 17.9. The highest BCUT2D eigenvalue weighted by atomic mass is 19.4. The van der Waals surface area contributed by atoms with Gasteiger partial charge in [-0.3, -0.25) is 9.59 Å². The van der Waals surface area contributed by atoms with Crippen molar-refractivity contribution >= 4 is 28.9 Å². The van der Waals surface area contributed by atoms with E-state index in [1.165, 1.54) is 17.0 Å². The maximum atomic E-state index is 13.0. The average molecular weight is 445 g/mol. The van der Waals surface area contributed by atoms with Crippen molar-refractivity contribution in [2.24, 2.45) is 11.8 Å². The molecule has 2 aromatic carbocycles. The molecule has 2 saturated heterocycles. The van der Waals surface area contributed by atoms with E-state index in [2.05, 4.69) is 17.1 Å². The highest BCUT2D eigenvalue weighted by molar-refractivity contribution is 6.04. The quantitative estimate of drug-likeness (QED) is 0.726. The van der Waals surface area contributed by atoms with Crippen molar-refractivity contribution in [3.63, 3.8) is 0 Å². The minimum atomic E-state index is -4.49. The second-order valence-electron chi connectivity index (χ2n) is 8.63. The molecular formula is C24H26F3N3O2. The van der Waals surface area contributed by atoms with Gasteiger partial charge in [-0.25, -0.2) is 0 Å². The van der Waals surface area contributed by atoms with Crippen LogP contribution in [0.15, 0.2) is 48.5 Å². The Labute approximate surface area is 185 Å². The van der Waals surface area contributed by atoms with Crippen LogP contribution in [-0.2, 0) is 15.8 Å². The first kappa shape index (κ1) is 22.2. The van der Waals surface area contributed by atoms with E-state index in [0.29, 0.717) is 11.6 Å². The summed E-state index contributed by atoms with van der Waals surface area (Å²) in [4.78, 5) is 29.0. The molecule has 0 spiro atoms. The number of amides is 2. The molecule has 0 aliphatic carbocycles. The van der Waals surface area contributed by atoms with E-state index < -0.39 is 17.7 Å². The second-order valence-corrected chi connectivity index (χ2v) is 8.63. The van der Waals surface area contributed by atoms with Gasteiger partial charge in [-0.1, -0.05) is 25.1 Å². The van der Waals surface area contributed by atoms with Crippen LogP contribution < -0.4 is 15.1 Å².